The van der Waals surface area contributed by atoms with E-state index in [4.69, 9.17) is 14.2 Å². The number of imide groups is 1. The number of methoxy groups -OCH3 is 2. The van der Waals surface area contributed by atoms with E-state index in [1.54, 1.807) is 24.3 Å². The minimum Gasteiger partial charge on any atom is -0.493 e. The van der Waals surface area contributed by atoms with Gasteiger partial charge in [-0.15, -0.1) is 0 Å². The van der Waals surface area contributed by atoms with Gasteiger partial charge in [0.05, 0.1) is 37.9 Å². The molecule has 0 saturated carbocycles. The number of Topliss-reactive ketones (excluding diaryl/α,β-unsaturated/α-hetero) is 1. The van der Waals surface area contributed by atoms with Gasteiger partial charge in [-0.1, -0.05) is 6.92 Å². The van der Waals surface area contributed by atoms with Gasteiger partial charge in [0.25, 0.3) is 5.91 Å². The van der Waals surface area contributed by atoms with Crippen molar-refractivity contribution < 1.29 is 33.4 Å². The topological polar surface area (TPSA) is 102 Å². The van der Waals surface area contributed by atoms with Crippen LogP contribution in [-0.2, 0) is 14.3 Å². The van der Waals surface area contributed by atoms with E-state index in [1.807, 2.05) is 0 Å². The maximum Gasteiger partial charge on any atom is 0.338 e. The largest absolute Gasteiger partial charge is 0.493 e. The molecule has 2 saturated heterocycles. The second-order valence-corrected chi connectivity index (χ2v) is 9.15. The Morgan fingerprint density at radius 1 is 0.972 bits per heavy atom. The zero-order valence-corrected chi connectivity index (χ0v) is 20.7. The van der Waals surface area contributed by atoms with Crippen molar-refractivity contribution in [2.45, 2.75) is 32.2 Å². The van der Waals surface area contributed by atoms with Gasteiger partial charge in [-0.25, -0.2) is 9.69 Å². The predicted molar refractivity (Wildman–Crippen MR) is 131 cm³/mol. The van der Waals surface area contributed by atoms with E-state index in [-0.39, 0.29) is 23.8 Å². The number of likely N-dealkylation sites (tertiary alicyclic amines) is 1. The molecule has 9 nitrogen and oxygen atoms in total. The number of hydrogen-bond donors (Lipinski definition) is 0. The fourth-order valence-electron chi connectivity index (χ4n) is 4.74. The highest BCUT2D eigenvalue weighted by molar-refractivity contribution is 6.22. The second-order valence-electron chi connectivity index (χ2n) is 9.15. The van der Waals surface area contributed by atoms with E-state index >= 15 is 0 Å². The Bertz CT molecular complexity index is 1160. The van der Waals surface area contributed by atoms with Crippen LogP contribution >= 0.6 is 0 Å². The molecule has 0 aliphatic carbocycles. The average molecular weight is 495 g/mol. The van der Waals surface area contributed by atoms with E-state index < -0.39 is 24.4 Å². The lowest BCUT2D eigenvalue weighted by Gasteiger charge is -2.34. The lowest BCUT2D eigenvalue weighted by molar-refractivity contribution is -0.123. The summed E-state index contributed by atoms with van der Waals surface area (Å²) in [5.74, 6) is -0.184. The third-order valence-electron chi connectivity index (χ3n) is 6.65. The van der Waals surface area contributed by atoms with Gasteiger partial charge in [-0.2, -0.15) is 0 Å². The molecule has 2 unspecified atom stereocenters. The molecule has 2 fully saturated rings. The van der Waals surface area contributed by atoms with Gasteiger partial charge in [0.1, 0.15) is 0 Å². The summed E-state index contributed by atoms with van der Waals surface area (Å²) in [6.45, 7) is 3.33. The Labute approximate surface area is 209 Å². The molecule has 0 bridgehead atoms. The number of piperidine rings is 1. The molecule has 2 atom stereocenters. The molecular weight excluding hydrogens is 464 g/mol. The van der Waals surface area contributed by atoms with Crippen molar-refractivity contribution in [3.05, 3.63) is 53.6 Å². The number of carbonyl (C=O) groups is 4. The maximum absolute atomic E-state index is 13.1. The van der Waals surface area contributed by atoms with Crippen molar-refractivity contribution in [3.8, 4) is 11.5 Å². The number of nitrogens with zero attached hydrogens (tertiary/aromatic N) is 2. The number of rotatable bonds is 8. The second kappa shape index (κ2) is 10.9. The first-order chi connectivity index (χ1) is 17.3. The summed E-state index contributed by atoms with van der Waals surface area (Å²) in [7, 11) is 2.96. The number of ether oxygens (including phenoxy) is 3. The van der Waals surface area contributed by atoms with Gasteiger partial charge in [0, 0.05) is 12.1 Å². The SMILES string of the molecule is COc1ccc(C(=O)COC(=O)c2ccc(N3C(=O)CC(N4CCCC(C)C4)C3=O)cc2)cc1OC. The van der Waals surface area contributed by atoms with Gasteiger partial charge in [0.2, 0.25) is 5.91 Å². The number of amides is 2. The molecule has 2 heterocycles. The summed E-state index contributed by atoms with van der Waals surface area (Å²) in [6.07, 6.45) is 2.31. The Kier molecular flexibility index (Phi) is 7.69. The summed E-state index contributed by atoms with van der Waals surface area (Å²) in [4.78, 5) is 54.0. The smallest absolute Gasteiger partial charge is 0.338 e. The number of hydrogen-bond acceptors (Lipinski definition) is 8. The van der Waals surface area contributed by atoms with Gasteiger partial charge in [-0.05, 0) is 67.8 Å². The third-order valence-corrected chi connectivity index (χ3v) is 6.65. The summed E-state index contributed by atoms with van der Waals surface area (Å²) in [5.41, 5.74) is 0.939. The minimum absolute atomic E-state index is 0.160. The van der Waals surface area contributed by atoms with Gasteiger partial charge in [-0.3, -0.25) is 19.3 Å². The van der Waals surface area contributed by atoms with Crippen LogP contribution in [0.15, 0.2) is 42.5 Å². The van der Waals surface area contributed by atoms with Crippen LogP contribution in [0.5, 0.6) is 11.5 Å². The zero-order chi connectivity index (χ0) is 25.8. The number of anilines is 1. The molecule has 9 heteroatoms. The van der Waals surface area contributed by atoms with Gasteiger partial charge < -0.3 is 14.2 Å². The first-order valence-electron chi connectivity index (χ1n) is 12.0. The van der Waals surface area contributed by atoms with Crippen LogP contribution in [0.4, 0.5) is 5.69 Å². The van der Waals surface area contributed by atoms with Gasteiger partial charge in [0.15, 0.2) is 23.9 Å². The molecular formula is C27H30N2O7. The minimum atomic E-state index is -0.686. The van der Waals surface area contributed by atoms with Crippen LogP contribution in [0.1, 0.15) is 46.9 Å². The summed E-state index contributed by atoms with van der Waals surface area (Å²) < 4.78 is 15.5. The molecule has 2 aromatic carbocycles. The number of esters is 1. The predicted octanol–water partition coefficient (Wildman–Crippen LogP) is 3.11. The lowest BCUT2D eigenvalue weighted by Crippen LogP contribution is -2.46. The Morgan fingerprint density at radius 3 is 2.33 bits per heavy atom. The summed E-state index contributed by atoms with van der Waals surface area (Å²) in [5, 5.41) is 0. The molecule has 0 spiro atoms. The molecule has 2 aromatic rings. The number of carbonyl (C=O) groups excluding carboxylic acids is 4. The fraction of sp³-hybridized carbons (Fsp3) is 0.407. The van der Waals surface area contributed by atoms with Crippen molar-refractivity contribution in [1.29, 1.82) is 0 Å². The van der Waals surface area contributed by atoms with Crippen LogP contribution in [0.25, 0.3) is 0 Å². The summed E-state index contributed by atoms with van der Waals surface area (Å²) >= 11 is 0. The Balaban J connectivity index is 1.37. The highest BCUT2D eigenvalue weighted by atomic mass is 16.5. The molecule has 190 valence electrons. The molecule has 2 aliphatic heterocycles. The normalized spacial score (nSPS) is 20.4. The Hall–Kier alpha value is -3.72. The first-order valence-corrected chi connectivity index (χ1v) is 12.0. The van der Waals surface area contributed by atoms with Gasteiger partial charge >= 0.3 is 5.97 Å². The third kappa shape index (κ3) is 5.26. The van der Waals surface area contributed by atoms with Crippen molar-refractivity contribution in [1.82, 2.24) is 4.90 Å². The first kappa shape index (κ1) is 25.4. The van der Waals surface area contributed by atoms with Crippen molar-refractivity contribution >= 4 is 29.3 Å². The fourth-order valence-corrected chi connectivity index (χ4v) is 4.74. The molecule has 0 aromatic heterocycles. The van der Waals surface area contributed by atoms with Crippen LogP contribution in [0.3, 0.4) is 0 Å². The van der Waals surface area contributed by atoms with E-state index in [1.165, 1.54) is 37.3 Å². The van der Waals surface area contributed by atoms with Crippen LogP contribution < -0.4 is 14.4 Å². The molecule has 36 heavy (non-hydrogen) atoms. The van der Waals surface area contributed by atoms with Crippen molar-refractivity contribution in [3.63, 3.8) is 0 Å². The highest BCUT2D eigenvalue weighted by Gasteiger charge is 2.43. The van der Waals surface area contributed by atoms with Crippen LogP contribution in [-0.4, -0.2) is 68.4 Å². The summed E-state index contributed by atoms with van der Waals surface area (Å²) in [6, 6.07) is 10.3. The molecule has 4 rings (SSSR count). The molecule has 0 radical (unpaired) electrons. The quantitative estimate of drug-likeness (QED) is 0.313. The number of benzene rings is 2. The van der Waals surface area contributed by atoms with E-state index in [9.17, 15) is 19.2 Å². The van der Waals surface area contributed by atoms with E-state index in [0.717, 1.165) is 25.9 Å². The monoisotopic (exact) mass is 494 g/mol. The number of ketones is 1. The van der Waals surface area contributed by atoms with Crippen LogP contribution in [0.2, 0.25) is 0 Å². The standard InChI is InChI=1S/C27H30N2O7/c1-17-5-4-12-28(15-17)21-14-25(31)29(26(21)32)20-9-6-18(7-10-20)27(33)36-16-22(30)19-8-11-23(34-2)24(13-19)35-3/h6-11,13,17,21H,4-5,12,14-16H2,1-3H3. The highest BCUT2D eigenvalue weighted by Crippen LogP contribution is 2.29. The maximum atomic E-state index is 13.1. The van der Waals surface area contributed by atoms with Crippen LogP contribution in [0, 0.1) is 5.92 Å². The van der Waals surface area contributed by atoms with E-state index in [2.05, 4.69) is 11.8 Å². The molecule has 2 aliphatic rings. The van der Waals surface area contributed by atoms with Crippen molar-refractivity contribution in [2.75, 3.05) is 38.8 Å². The molecule has 0 N–H and O–H groups in total. The van der Waals surface area contributed by atoms with E-state index in [0.29, 0.717) is 28.7 Å². The lowest BCUT2D eigenvalue weighted by atomic mass is 9.98. The van der Waals surface area contributed by atoms with Crippen molar-refractivity contribution in [2.24, 2.45) is 5.92 Å². The zero-order valence-electron chi connectivity index (χ0n) is 20.7. The molecule has 2 amide bonds. The Morgan fingerprint density at radius 2 is 1.67 bits per heavy atom. The average Bonchev–Trinajstić information content (AvgIpc) is 3.20.